The molecule has 2 heterocycles. The zero-order chi connectivity index (χ0) is 33.1. The average Bonchev–Trinajstić information content (AvgIpc) is 3.01. The van der Waals surface area contributed by atoms with E-state index in [0.717, 1.165) is 22.6 Å². The SMILES string of the molecule is COCCCN(C(=O)C#CCC1=CC=CNC1)C(=O)C1=C(C)N=C(Oc2cccc(OC(F)(F)F)c2)C(Cc2ccc(F)cc2)C1. The summed E-state index contributed by atoms with van der Waals surface area (Å²) in [5.41, 5.74) is 2.24. The second-order valence-corrected chi connectivity index (χ2v) is 10.5. The Labute approximate surface area is 264 Å². The van der Waals surface area contributed by atoms with E-state index < -0.39 is 35.7 Å². The summed E-state index contributed by atoms with van der Waals surface area (Å²) >= 11 is 0. The Kier molecular flexibility index (Phi) is 11.8. The lowest BCUT2D eigenvalue weighted by Gasteiger charge is -2.28. The molecule has 0 aliphatic carbocycles. The fourth-order valence-corrected chi connectivity index (χ4v) is 4.82. The highest BCUT2D eigenvalue weighted by molar-refractivity contribution is 6.10. The highest BCUT2D eigenvalue weighted by atomic mass is 19.4. The zero-order valence-corrected chi connectivity index (χ0v) is 25.3. The van der Waals surface area contributed by atoms with Crippen LogP contribution in [0.5, 0.6) is 11.5 Å². The molecule has 0 bridgehead atoms. The molecule has 2 aromatic rings. The lowest BCUT2D eigenvalue weighted by molar-refractivity contribution is -0.274. The van der Waals surface area contributed by atoms with Crippen molar-refractivity contribution in [3.8, 4) is 23.3 Å². The van der Waals surface area contributed by atoms with Crippen LogP contribution in [0.25, 0.3) is 0 Å². The van der Waals surface area contributed by atoms with Crippen LogP contribution < -0.4 is 14.8 Å². The van der Waals surface area contributed by atoms with Crippen LogP contribution in [0.15, 0.2) is 88.7 Å². The first kappa shape index (κ1) is 34.0. The smallest absolute Gasteiger partial charge is 0.443 e. The van der Waals surface area contributed by atoms with Crippen molar-refractivity contribution in [2.75, 3.05) is 26.8 Å². The molecule has 0 fully saturated rings. The number of allylic oxidation sites excluding steroid dienone is 3. The number of carbonyl (C=O) groups excluding carboxylic acids is 2. The lowest BCUT2D eigenvalue weighted by Crippen LogP contribution is -2.40. The van der Waals surface area contributed by atoms with Crippen LogP contribution in [0.1, 0.15) is 31.7 Å². The number of hydrogen-bond donors (Lipinski definition) is 1. The molecule has 12 heteroatoms. The van der Waals surface area contributed by atoms with Gasteiger partial charge in [0.2, 0.25) is 0 Å². The van der Waals surface area contributed by atoms with E-state index in [4.69, 9.17) is 9.47 Å². The molecular weight excluding hydrogens is 606 g/mol. The lowest BCUT2D eigenvalue weighted by atomic mass is 9.88. The first-order chi connectivity index (χ1) is 22.0. The molecule has 0 saturated carbocycles. The van der Waals surface area contributed by atoms with Crippen LogP contribution in [0.3, 0.4) is 0 Å². The number of halogens is 4. The highest BCUT2D eigenvalue weighted by Gasteiger charge is 2.34. The van der Waals surface area contributed by atoms with Crippen molar-refractivity contribution in [2.24, 2.45) is 10.9 Å². The number of carbonyl (C=O) groups is 2. The quantitative estimate of drug-likeness (QED) is 0.199. The fraction of sp³-hybridized carbons (Fsp3) is 0.324. The molecule has 242 valence electrons. The minimum absolute atomic E-state index is 0.0394. The molecule has 2 aliphatic rings. The van der Waals surface area contributed by atoms with Gasteiger partial charge in [0.1, 0.15) is 17.3 Å². The Bertz CT molecular complexity index is 1600. The number of methoxy groups -OCH3 is 1. The molecule has 2 aromatic carbocycles. The average molecular weight is 640 g/mol. The first-order valence-corrected chi connectivity index (χ1v) is 14.5. The van der Waals surface area contributed by atoms with E-state index in [-0.39, 0.29) is 42.3 Å². The minimum Gasteiger partial charge on any atom is -0.443 e. The predicted octanol–water partition coefficient (Wildman–Crippen LogP) is 5.87. The van der Waals surface area contributed by atoms with Gasteiger partial charge in [-0.25, -0.2) is 9.38 Å². The van der Waals surface area contributed by atoms with Crippen molar-refractivity contribution in [2.45, 2.75) is 39.0 Å². The van der Waals surface area contributed by atoms with Gasteiger partial charge >= 0.3 is 12.3 Å². The van der Waals surface area contributed by atoms with E-state index in [2.05, 4.69) is 26.9 Å². The number of alkyl halides is 3. The molecule has 1 atom stereocenters. The van der Waals surface area contributed by atoms with Crippen LogP contribution >= 0.6 is 0 Å². The van der Waals surface area contributed by atoms with Gasteiger partial charge in [-0.2, -0.15) is 0 Å². The van der Waals surface area contributed by atoms with Gasteiger partial charge in [-0.3, -0.25) is 14.5 Å². The number of aliphatic imine (C=N–C) groups is 1. The topological polar surface area (TPSA) is 89.5 Å². The number of dihydropyridines is 1. The molecule has 0 saturated heterocycles. The number of hydrogen-bond acceptors (Lipinski definition) is 7. The predicted molar refractivity (Wildman–Crippen MR) is 163 cm³/mol. The molecule has 1 unspecified atom stereocenters. The molecule has 2 amide bonds. The summed E-state index contributed by atoms with van der Waals surface area (Å²) in [7, 11) is 1.52. The zero-order valence-electron chi connectivity index (χ0n) is 25.3. The molecule has 4 rings (SSSR count). The third kappa shape index (κ3) is 10.1. The number of amides is 2. The molecule has 0 radical (unpaired) electrons. The van der Waals surface area contributed by atoms with E-state index in [1.54, 1.807) is 25.3 Å². The summed E-state index contributed by atoms with van der Waals surface area (Å²) < 4.78 is 67.1. The molecule has 1 N–H and O–H groups in total. The Morgan fingerprint density at radius 3 is 2.59 bits per heavy atom. The van der Waals surface area contributed by atoms with Gasteiger partial charge in [-0.15, -0.1) is 13.2 Å². The molecule has 0 spiro atoms. The number of rotatable bonds is 10. The van der Waals surface area contributed by atoms with E-state index >= 15 is 0 Å². The van der Waals surface area contributed by atoms with Crippen LogP contribution in [0.2, 0.25) is 0 Å². The summed E-state index contributed by atoms with van der Waals surface area (Å²) in [6, 6.07) is 10.8. The maximum absolute atomic E-state index is 13.9. The number of nitrogens with one attached hydrogen (secondary N) is 1. The van der Waals surface area contributed by atoms with Gasteiger partial charge in [0, 0.05) is 56.5 Å². The van der Waals surface area contributed by atoms with E-state index in [0.29, 0.717) is 31.6 Å². The van der Waals surface area contributed by atoms with E-state index in [9.17, 15) is 27.2 Å². The van der Waals surface area contributed by atoms with Crippen molar-refractivity contribution in [3.63, 3.8) is 0 Å². The van der Waals surface area contributed by atoms with Crippen LogP contribution in [0.4, 0.5) is 17.6 Å². The van der Waals surface area contributed by atoms with Crippen molar-refractivity contribution >= 4 is 17.7 Å². The monoisotopic (exact) mass is 639 g/mol. The Morgan fingerprint density at radius 1 is 1.13 bits per heavy atom. The van der Waals surface area contributed by atoms with E-state index in [1.807, 2.05) is 12.2 Å². The van der Waals surface area contributed by atoms with Crippen molar-refractivity contribution in [1.82, 2.24) is 10.2 Å². The van der Waals surface area contributed by atoms with Crippen molar-refractivity contribution in [3.05, 3.63) is 95.1 Å². The largest absolute Gasteiger partial charge is 0.573 e. The summed E-state index contributed by atoms with van der Waals surface area (Å²) in [6.45, 7) is 2.58. The van der Waals surface area contributed by atoms with Crippen LogP contribution in [-0.2, 0) is 20.7 Å². The third-order valence-corrected chi connectivity index (χ3v) is 7.04. The second kappa shape index (κ2) is 15.9. The molecular formula is C34H33F4N3O5. The molecule has 0 aromatic heterocycles. The number of benzene rings is 2. The third-order valence-electron chi connectivity index (χ3n) is 7.04. The van der Waals surface area contributed by atoms with E-state index in [1.165, 1.54) is 31.4 Å². The number of imide groups is 1. The highest BCUT2D eigenvalue weighted by Crippen LogP contribution is 2.32. The first-order valence-electron chi connectivity index (χ1n) is 14.5. The fourth-order valence-electron chi connectivity index (χ4n) is 4.82. The van der Waals surface area contributed by atoms with Crippen LogP contribution in [-0.4, -0.2) is 55.8 Å². The summed E-state index contributed by atoms with van der Waals surface area (Å²) in [5, 5.41) is 3.07. The minimum atomic E-state index is -4.89. The summed E-state index contributed by atoms with van der Waals surface area (Å²) in [4.78, 5) is 32.8. The second-order valence-electron chi connectivity index (χ2n) is 10.5. The van der Waals surface area contributed by atoms with Crippen molar-refractivity contribution in [1.29, 1.82) is 0 Å². The number of ether oxygens (including phenoxy) is 3. The Hall–Kier alpha value is -4.89. The molecule has 2 aliphatic heterocycles. The van der Waals surface area contributed by atoms with Gasteiger partial charge in [0.05, 0.1) is 0 Å². The summed E-state index contributed by atoms with van der Waals surface area (Å²) in [5.74, 6) is 2.90. The van der Waals surface area contributed by atoms with Crippen LogP contribution in [0, 0.1) is 23.6 Å². The van der Waals surface area contributed by atoms with Gasteiger partial charge < -0.3 is 19.5 Å². The summed E-state index contributed by atoms with van der Waals surface area (Å²) in [6.07, 6.45) is 1.75. The molecule has 46 heavy (non-hydrogen) atoms. The maximum Gasteiger partial charge on any atom is 0.573 e. The van der Waals surface area contributed by atoms with Gasteiger partial charge in [0.15, 0.2) is 5.90 Å². The maximum atomic E-state index is 13.9. The Morgan fingerprint density at radius 2 is 1.89 bits per heavy atom. The van der Waals surface area contributed by atoms with Gasteiger partial charge in [-0.1, -0.05) is 30.2 Å². The van der Waals surface area contributed by atoms with Gasteiger partial charge in [-0.05, 0) is 79.8 Å². The van der Waals surface area contributed by atoms with Gasteiger partial charge in [0.25, 0.3) is 5.91 Å². The Balaban J connectivity index is 1.62. The standard InChI is InChI=1S/C34H33F4N3O5/c1-23-30(33(43)41(17-6-18-44-2)31(42)11-3-7-25-8-5-16-39-22-25)20-26(19-24-12-14-27(35)15-13-24)32(40-23)45-28-9-4-10-29(21-28)46-34(36,37)38/h4-5,8-10,12-16,21,26,39H,6-7,17-20,22H2,1-2H3. The van der Waals surface area contributed by atoms with Crippen molar-refractivity contribution < 1.29 is 41.4 Å². The molecule has 8 nitrogen and oxygen atoms in total. The normalized spacial score (nSPS) is 16.0. The number of nitrogens with zero attached hydrogens (tertiary/aromatic N) is 2.